The first-order valence-corrected chi connectivity index (χ1v) is 15.5. The van der Waals surface area contributed by atoms with E-state index in [1.54, 1.807) is 30.3 Å². The minimum absolute atomic E-state index is 0.0262. The molecule has 1 heterocycles. The third-order valence-electron chi connectivity index (χ3n) is 7.39. The summed E-state index contributed by atoms with van der Waals surface area (Å²) in [5, 5.41) is 3.88. The van der Waals surface area contributed by atoms with Gasteiger partial charge >= 0.3 is 0 Å². The van der Waals surface area contributed by atoms with Gasteiger partial charge in [0.05, 0.1) is 5.56 Å². The van der Waals surface area contributed by atoms with Crippen LogP contribution in [-0.4, -0.2) is 54.0 Å². The molecule has 8 nitrogen and oxygen atoms in total. The minimum atomic E-state index is -3.96. The number of sulfonamides is 1. The molecule has 0 bridgehead atoms. The Morgan fingerprint density at radius 2 is 1.72 bits per heavy atom. The molecule has 1 N–H and O–H groups in total. The molecule has 1 fully saturated rings. The summed E-state index contributed by atoms with van der Waals surface area (Å²) in [7, 11) is -3.96. The van der Waals surface area contributed by atoms with Crippen molar-refractivity contribution in [3.63, 3.8) is 0 Å². The molecule has 0 unspecified atom stereocenters. The van der Waals surface area contributed by atoms with Gasteiger partial charge in [0.25, 0.3) is 15.9 Å². The monoisotopic (exact) mass is 593 g/mol. The first kappa shape index (κ1) is 29.4. The number of nitrogens with one attached hydrogen (secondary N) is 1. The van der Waals surface area contributed by atoms with E-state index in [1.807, 2.05) is 6.92 Å². The molecule has 2 aromatic carbocycles. The molecule has 39 heavy (non-hydrogen) atoms. The van der Waals surface area contributed by atoms with Crippen molar-refractivity contribution >= 4 is 50.9 Å². The molecule has 0 spiro atoms. The fourth-order valence-corrected chi connectivity index (χ4v) is 7.41. The lowest BCUT2D eigenvalue weighted by Crippen LogP contribution is -2.51. The van der Waals surface area contributed by atoms with Crippen molar-refractivity contribution in [3.05, 3.63) is 63.6 Å². The summed E-state index contributed by atoms with van der Waals surface area (Å²) in [5.41, 5.74) is 0.662. The van der Waals surface area contributed by atoms with E-state index in [0.717, 1.165) is 36.4 Å². The summed E-state index contributed by atoms with van der Waals surface area (Å²) >= 11 is 12.8. The van der Waals surface area contributed by atoms with Crippen LogP contribution in [0.2, 0.25) is 10.0 Å². The molecule has 210 valence electrons. The van der Waals surface area contributed by atoms with Crippen LogP contribution in [-0.2, 0) is 26.2 Å². The van der Waals surface area contributed by atoms with Gasteiger partial charge in [-0.05, 0) is 49.9 Å². The second-order valence-electron chi connectivity index (χ2n) is 9.97. The van der Waals surface area contributed by atoms with Gasteiger partial charge in [-0.1, -0.05) is 67.6 Å². The molecule has 0 saturated heterocycles. The Bertz CT molecular complexity index is 1320. The van der Waals surface area contributed by atoms with Crippen molar-refractivity contribution in [1.29, 1.82) is 0 Å². The van der Waals surface area contributed by atoms with E-state index in [4.69, 9.17) is 23.2 Å². The van der Waals surface area contributed by atoms with Crippen LogP contribution in [0, 0.1) is 0 Å². The maximum atomic E-state index is 13.6. The number of fused-ring (bicyclic) bond motifs is 1. The number of rotatable bonds is 10. The van der Waals surface area contributed by atoms with Crippen molar-refractivity contribution in [2.24, 2.45) is 0 Å². The maximum absolute atomic E-state index is 13.6. The lowest BCUT2D eigenvalue weighted by atomic mass is 9.95. The quantitative estimate of drug-likeness (QED) is 0.409. The zero-order valence-corrected chi connectivity index (χ0v) is 24.2. The smallest absolute Gasteiger partial charge is 0.269 e. The van der Waals surface area contributed by atoms with Gasteiger partial charge < -0.3 is 10.2 Å². The van der Waals surface area contributed by atoms with Crippen LogP contribution < -0.4 is 5.32 Å². The predicted molar refractivity (Wildman–Crippen MR) is 150 cm³/mol. The summed E-state index contributed by atoms with van der Waals surface area (Å²) in [6, 6.07) is 10.4. The lowest BCUT2D eigenvalue weighted by Gasteiger charge is -2.33. The van der Waals surface area contributed by atoms with E-state index in [1.165, 1.54) is 17.0 Å². The molecule has 1 saturated carbocycles. The van der Waals surface area contributed by atoms with E-state index < -0.39 is 22.0 Å². The molecule has 1 aliphatic heterocycles. The summed E-state index contributed by atoms with van der Waals surface area (Å²) < 4.78 is 26.6. The van der Waals surface area contributed by atoms with E-state index in [0.29, 0.717) is 22.0 Å². The number of amides is 3. The molecule has 3 amide bonds. The average molecular weight is 595 g/mol. The number of benzene rings is 2. The summed E-state index contributed by atoms with van der Waals surface area (Å²) in [4.78, 5) is 41.2. The number of carbonyl (C=O) groups excluding carboxylic acids is 3. The number of hydrogen-bond acceptors (Lipinski definition) is 5. The Morgan fingerprint density at radius 1 is 1.05 bits per heavy atom. The number of nitrogens with zero attached hydrogens (tertiary/aromatic N) is 2. The highest BCUT2D eigenvalue weighted by atomic mass is 35.5. The third kappa shape index (κ3) is 6.42. The third-order valence-corrected chi connectivity index (χ3v) is 9.94. The number of halogens is 2. The van der Waals surface area contributed by atoms with Crippen LogP contribution in [0.25, 0.3) is 0 Å². The summed E-state index contributed by atoms with van der Waals surface area (Å²) in [5.74, 6) is -1.18. The Labute approximate surface area is 239 Å². The number of hydrogen-bond donors (Lipinski definition) is 1. The second-order valence-corrected chi connectivity index (χ2v) is 12.6. The molecule has 2 aromatic rings. The van der Waals surface area contributed by atoms with E-state index in [2.05, 4.69) is 5.32 Å². The Kier molecular flexibility index (Phi) is 9.56. The first-order valence-electron chi connectivity index (χ1n) is 13.3. The molecule has 0 radical (unpaired) electrons. The molecule has 0 aromatic heterocycles. The van der Waals surface area contributed by atoms with Crippen molar-refractivity contribution in [2.45, 2.75) is 81.8 Å². The van der Waals surface area contributed by atoms with Gasteiger partial charge in [-0.3, -0.25) is 14.4 Å². The molecule has 4 rings (SSSR count). The van der Waals surface area contributed by atoms with Crippen LogP contribution in [0.1, 0.15) is 74.2 Å². The Balaban J connectivity index is 1.50. The van der Waals surface area contributed by atoms with Gasteiger partial charge in [0.2, 0.25) is 11.8 Å². The average Bonchev–Trinajstić information content (AvgIpc) is 3.11. The topological polar surface area (TPSA) is 104 Å². The first-order chi connectivity index (χ1) is 18.6. The zero-order chi connectivity index (χ0) is 28.2. The van der Waals surface area contributed by atoms with Crippen LogP contribution in [0.5, 0.6) is 0 Å². The summed E-state index contributed by atoms with van der Waals surface area (Å²) in [6.45, 7) is 1.72. The van der Waals surface area contributed by atoms with Crippen LogP contribution in [0.3, 0.4) is 0 Å². The van der Waals surface area contributed by atoms with Crippen LogP contribution in [0.15, 0.2) is 47.4 Å². The maximum Gasteiger partial charge on any atom is 0.269 e. The zero-order valence-electron chi connectivity index (χ0n) is 21.9. The highest BCUT2D eigenvalue weighted by molar-refractivity contribution is 7.90. The lowest BCUT2D eigenvalue weighted by molar-refractivity contribution is -0.141. The Hall–Kier alpha value is -2.62. The SMILES string of the molecule is CC[C@H](C(=O)NC1CCCCC1)N(Cc1c(Cl)cccc1Cl)C(=O)CCCN1C(=O)c2ccccc2S1(=O)=O. The van der Waals surface area contributed by atoms with Crippen molar-refractivity contribution in [1.82, 2.24) is 14.5 Å². The fraction of sp³-hybridized carbons (Fsp3) is 0.464. The normalized spacial score (nSPS) is 17.5. The van der Waals surface area contributed by atoms with Gasteiger partial charge in [0, 0.05) is 41.2 Å². The van der Waals surface area contributed by atoms with E-state index in [9.17, 15) is 22.8 Å². The molecule has 1 aliphatic carbocycles. The van der Waals surface area contributed by atoms with Gasteiger partial charge in [-0.2, -0.15) is 0 Å². The van der Waals surface area contributed by atoms with Gasteiger partial charge in [0.1, 0.15) is 10.9 Å². The van der Waals surface area contributed by atoms with E-state index >= 15 is 0 Å². The van der Waals surface area contributed by atoms with Gasteiger partial charge in [0.15, 0.2) is 0 Å². The number of carbonyl (C=O) groups is 3. The Morgan fingerprint density at radius 3 is 2.36 bits per heavy atom. The molecular formula is C28H33Cl2N3O5S. The molecule has 2 aliphatic rings. The van der Waals surface area contributed by atoms with Crippen LogP contribution >= 0.6 is 23.2 Å². The summed E-state index contributed by atoms with van der Waals surface area (Å²) in [6.07, 6.45) is 5.50. The van der Waals surface area contributed by atoms with Crippen molar-refractivity contribution < 1.29 is 22.8 Å². The standard InChI is InChI=1S/C28H33Cl2N3O5S/c1-2-24(27(35)31-19-10-4-3-5-11-19)32(18-21-22(29)13-8-14-23(21)30)26(34)16-9-17-33-28(36)20-12-6-7-15-25(20)39(33,37)38/h6-8,12-15,19,24H,2-5,9-11,16-18H2,1H3,(H,31,35)/t24-/m1/s1. The van der Waals surface area contributed by atoms with Crippen molar-refractivity contribution in [3.8, 4) is 0 Å². The van der Waals surface area contributed by atoms with Gasteiger partial charge in [-0.15, -0.1) is 0 Å². The van der Waals surface area contributed by atoms with Crippen LogP contribution in [0.4, 0.5) is 0 Å². The molecule has 11 heteroatoms. The van der Waals surface area contributed by atoms with Crippen molar-refractivity contribution in [2.75, 3.05) is 6.54 Å². The van der Waals surface area contributed by atoms with Gasteiger partial charge in [-0.25, -0.2) is 12.7 Å². The predicted octanol–water partition coefficient (Wildman–Crippen LogP) is 5.17. The molecule has 1 atom stereocenters. The highest BCUT2D eigenvalue weighted by Crippen LogP contribution is 2.31. The second kappa shape index (κ2) is 12.7. The fourth-order valence-electron chi connectivity index (χ4n) is 5.29. The highest BCUT2D eigenvalue weighted by Gasteiger charge is 2.40. The minimum Gasteiger partial charge on any atom is -0.352 e. The van der Waals surface area contributed by atoms with E-state index in [-0.39, 0.29) is 54.2 Å². The largest absolute Gasteiger partial charge is 0.352 e. The molecular weight excluding hydrogens is 561 g/mol.